The van der Waals surface area contributed by atoms with Crippen LogP contribution in [0.25, 0.3) is 6.08 Å². The van der Waals surface area contributed by atoms with Gasteiger partial charge in [-0.25, -0.2) is 4.39 Å². The van der Waals surface area contributed by atoms with Gasteiger partial charge in [-0.2, -0.15) is 0 Å². The van der Waals surface area contributed by atoms with Crippen LogP contribution < -0.4 is 5.32 Å². The lowest BCUT2D eigenvalue weighted by molar-refractivity contribution is -0.384. The van der Waals surface area contributed by atoms with Crippen LogP contribution in [0.1, 0.15) is 18.4 Å². The van der Waals surface area contributed by atoms with Crippen molar-refractivity contribution in [3.63, 3.8) is 0 Å². The van der Waals surface area contributed by atoms with Crippen molar-refractivity contribution in [1.29, 1.82) is 0 Å². The summed E-state index contributed by atoms with van der Waals surface area (Å²) in [5.74, 6) is -0.889. The lowest BCUT2D eigenvalue weighted by atomic mass is 10.2. The fourth-order valence-electron chi connectivity index (χ4n) is 2.69. The predicted molar refractivity (Wildman–Crippen MR) is 117 cm³/mol. The molecule has 0 spiro atoms. The number of nitrogens with one attached hydrogen (secondary N) is 1. The van der Waals surface area contributed by atoms with Gasteiger partial charge in [0.15, 0.2) is 0 Å². The Morgan fingerprint density at radius 2 is 1.87 bits per heavy atom. The Hall–Kier alpha value is -3.11. The SMILES string of the molecule is O=C(CCCN1C(=O)/C(=C/c2ccc([N+](=O)[O-])cc2)SC1=S)Nc1ccc(F)cc1. The van der Waals surface area contributed by atoms with Gasteiger partial charge in [0.25, 0.3) is 11.6 Å². The van der Waals surface area contributed by atoms with E-state index in [0.29, 0.717) is 33.4 Å². The standard InChI is InChI=1S/C20H16FN3O4S2/c21-14-5-7-15(8-6-14)22-18(25)2-1-11-23-19(26)17(30-20(23)29)12-13-3-9-16(10-4-13)24(27)28/h3-10,12H,1-2,11H2,(H,22,25)/b17-12-. The number of non-ortho nitro benzene ring substituents is 1. The van der Waals surface area contributed by atoms with Crippen LogP contribution in [0.4, 0.5) is 15.8 Å². The van der Waals surface area contributed by atoms with Gasteiger partial charge >= 0.3 is 0 Å². The third kappa shape index (κ3) is 5.49. The number of nitrogens with zero attached hydrogens (tertiary/aromatic N) is 2. The van der Waals surface area contributed by atoms with E-state index in [4.69, 9.17) is 12.2 Å². The number of benzene rings is 2. The molecular formula is C20H16FN3O4S2. The van der Waals surface area contributed by atoms with Crippen LogP contribution >= 0.6 is 24.0 Å². The number of hydrogen-bond donors (Lipinski definition) is 1. The first-order valence-electron chi connectivity index (χ1n) is 8.89. The van der Waals surface area contributed by atoms with Crippen molar-refractivity contribution >= 4 is 57.6 Å². The minimum Gasteiger partial charge on any atom is -0.326 e. The molecule has 2 amide bonds. The first-order chi connectivity index (χ1) is 14.3. The van der Waals surface area contributed by atoms with Gasteiger partial charge in [0.2, 0.25) is 5.91 Å². The Morgan fingerprint density at radius 1 is 1.20 bits per heavy atom. The number of rotatable bonds is 7. The molecule has 1 saturated heterocycles. The van der Waals surface area contributed by atoms with E-state index in [1.54, 1.807) is 18.2 Å². The molecule has 1 aliphatic heterocycles. The number of carbonyl (C=O) groups excluding carboxylic acids is 2. The molecule has 0 aliphatic carbocycles. The highest BCUT2D eigenvalue weighted by Gasteiger charge is 2.31. The highest BCUT2D eigenvalue weighted by Crippen LogP contribution is 2.33. The molecule has 1 aliphatic rings. The molecule has 0 radical (unpaired) electrons. The minimum absolute atomic E-state index is 0.0291. The van der Waals surface area contributed by atoms with Crippen LogP contribution in [0.3, 0.4) is 0 Å². The van der Waals surface area contributed by atoms with E-state index >= 15 is 0 Å². The Bertz CT molecular complexity index is 1020. The summed E-state index contributed by atoms with van der Waals surface area (Å²) in [6.07, 6.45) is 2.21. The Morgan fingerprint density at radius 3 is 2.50 bits per heavy atom. The summed E-state index contributed by atoms with van der Waals surface area (Å²) >= 11 is 6.41. The molecule has 7 nitrogen and oxygen atoms in total. The third-order valence-corrected chi connectivity index (χ3v) is 5.57. The number of nitro groups is 1. The van der Waals surface area contributed by atoms with E-state index in [1.807, 2.05) is 0 Å². The van der Waals surface area contributed by atoms with Crippen molar-refractivity contribution in [2.24, 2.45) is 0 Å². The van der Waals surface area contributed by atoms with Crippen LogP contribution in [0.5, 0.6) is 0 Å². The van der Waals surface area contributed by atoms with Gasteiger partial charge in [0, 0.05) is 30.8 Å². The number of amides is 2. The topological polar surface area (TPSA) is 92.5 Å². The van der Waals surface area contributed by atoms with Crippen molar-refractivity contribution in [1.82, 2.24) is 4.90 Å². The van der Waals surface area contributed by atoms with Gasteiger partial charge in [0.05, 0.1) is 9.83 Å². The summed E-state index contributed by atoms with van der Waals surface area (Å²) in [4.78, 5) is 36.7. The number of thioether (sulfide) groups is 1. The van der Waals surface area contributed by atoms with Gasteiger partial charge in [-0.05, 0) is 54.5 Å². The Kier molecular flexibility index (Phi) is 6.91. The molecule has 1 N–H and O–H groups in total. The lowest BCUT2D eigenvalue weighted by Crippen LogP contribution is -2.29. The second-order valence-corrected chi connectivity index (χ2v) is 8.02. The quantitative estimate of drug-likeness (QED) is 0.295. The predicted octanol–water partition coefficient (Wildman–Crippen LogP) is 4.35. The number of hydrogen-bond acceptors (Lipinski definition) is 6. The van der Waals surface area contributed by atoms with Crippen molar-refractivity contribution < 1.29 is 18.9 Å². The molecule has 10 heteroatoms. The van der Waals surface area contributed by atoms with E-state index in [1.165, 1.54) is 41.3 Å². The van der Waals surface area contributed by atoms with Gasteiger partial charge in [-0.15, -0.1) is 0 Å². The van der Waals surface area contributed by atoms with E-state index < -0.39 is 4.92 Å². The third-order valence-electron chi connectivity index (χ3n) is 4.19. The zero-order valence-electron chi connectivity index (χ0n) is 15.5. The number of nitro benzene ring substituents is 1. The summed E-state index contributed by atoms with van der Waals surface area (Å²) in [6.45, 7) is 0.291. The van der Waals surface area contributed by atoms with Crippen molar-refractivity contribution in [2.75, 3.05) is 11.9 Å². The number of halogens is 1. The lowest BCUT2D eigenvalue weighted by Gasteiger charge is -2.14. The Balaban J connectivity index is 1.53. The monoisotopic (exact) mass is 445 g/mol. The van der Waals surface area contributed by atoms with Gasteiger partial charge in [0.1, 0.15) is 10.1 Å². The summed E-state index contributed by atoms with van der Waals surface area (Å²) in [5.41, 5.74) is 1.12. The maximum Gasteiger partial charge on any atom is 0.269 e. The molecule has 3 rings (SSSR count). The molecule has 30 heavy (non-hydrogen) atoms. The van der Waals surface area contributed by atoms with Crippen LogP contribution in [0, 0.1) is 15.9 Å². The second-order valence-electron chi connectivity index (χ2n) is 6.34. The van der Waals surface area contributed by atoms with Gasteiger partial charge in [-0.3, -0.25) is 24.6 Å². The number of anilines is 1. The zero-order valence-corrected chi connectivity index (χ0v) is 17.2. The molecule has 1 fully saturated rings. The van der Waals surface area contributed by atoms with Crippen LogP contribution in [0.2, 0.25) is 0 Å². The fourth-order valence-corrected chi connectivity index (χ4v) is 4.00. The van der Waals surface area contributed by atoms with Crippen LogP contribution in [0.15, 0.2) is 53.4 Å². The number of thiocarbonyl (C=S) groups is 1. The first kappa shape index (κ1) is 21.6. The molecule has 2 aromatic carbocycles. The maximum atomic E-state index is 12.9. The first-order valence-corrected chi connectivity index (χ1v) is 10.1. The van der Waals surface area contributed by atoms with Crippen molar-refractivity contribution in [3.05, 3.63) is 74.9 Å². The van der Waals surface area contributed by atoms with E-state index in [9.17, 15) is 24.1 Å². The van der Waals surface area contributed by atoms with E-state index in [-0.39, 0.29) is 29.7 Å². The molecule has 0 saturated carbocycles. The molecule has 0 aromatic heterocycles. The summed E-state index contributed by atoms with van der Waals surface area (Å²) in [5, 5.41) is 13.4. The largest absolute Gasteiger partial charge is 0.326 e. The summed E-state index contributed by atoms with van der Waals surface area (Å²) in [6, 6.07) is 11.3. The van der Waals surface area contributed by atoms with Crippen molar-refractivity contribution in [2.45, 2.75) is 12.8 Å². The zero-order chi connectivity index (χ0) is 21.7. The van der Waals surface area contributed by atoms with Crippen LogP contribution in [-0.2, 0) is 9.59 Å². The summed E-state index contributed by atoms with van der Waals surface area (Å²) < 4.78 is 13.3. The minimum atomic E-state index is -0.491. The van der Waals surface area contributed by atoms with E-state index in [2.05, 4.69) is 5.32 Å². The molecule has 1 heterocycles. The highest BCUT2D eigenvalue weighted by molar-refractivity contribution is 8.26. The molecular weight excluding hydrogens is 429 g/mol. The highest BCUT2D eigenvalue weighted by atomic mass is 32.2. The normalized spacial score (nSPS) is 15.0. The Labute approximate surface area is 181 Å². The summed E-state index contributed by atoms with van der Waals surface area (Å²) in [7, 11) is 0. The molecule has 2 aromatic rings. The molecule has 0 unspecified atom stereocenters. The molecule has 0 atom stereocenters. The average molecular weight is 445 g/mol. The number of carbonyl (C=O) groups is 2. The van der Waals surface area contributed by atoms with Gasteiger partial charge in [-0.1, -0.05) is 24.0 Å². The fraction of sp³-hybridized carbons (Fsp3) is 0.150. The average Bonchev–Trinajstić information content (AvgIpc) is 2.97. The molecule has 154 valence electrons. The van der Waals surface area contributed by atoms with Crippen LogP contribution in [-0.4, -0.2) is 32.5 Å². The maximum absolute atomic E-state index is 12.9. The smallest absolute Gasteiger partial charge is 0.269 e. The van der Waals surface area contributed by atoms with E-state index in [0.717, 1.165) is 11.8 Å². The van der Waals surface area contributed by atoms with Crippen molar-refractivity contribution in [3.8, 4) is 0 Å². The molecule has 0 bridgehead atoms. The second kappa shape index (κ2) is 9.59. The van der Waals surface area contributed by atoms with Gasteiger partial charge < -0.3 is 5.32 Å².